The van der Waals surface area contributed by atoms with Crippen LogP contribution >= 0.6 is 23.4 Å². The molecule has 0 atom stereocenters. The molecular formula is C23H23ClF4N4O3S. The standard InChI is InChI=1S/C23H23ClF4N4O3S/c1-2-5-14(34)6-3-7-17-19(8-4-9-30-17)36-20-11-18(16(25)10-15(20)24)32(29)21(23(26,27)28)12-22(35)31-13-33/h4,8-13H,2-3,5-7,29H2,1H3,(H,31,33,35)/b21-12-. The summed E-state index contributed by atoms with van der Waals surface area (Å²) in [6, 6.07) is 5.18. The summed E-state index contributed by atoms with van der Waals surface area (Å²) in [5.41, 5.74) is -1.78. The number of imide groups is 1. The number of amides is 2. The van der Waals surface area contributed by atoms with E-state index in [1.807, 2.05) is 6.92 Å². The van der Waals surface area contributed by atoms with Crippen molar-refractivity contribution in [3.63, 3.8) is 0 Å². The number of ketones is 1. The van der Waals surface area contributed by atoms with Crippen molar-refractivity contribution in [3.8, 4) is 0 Å². The van der Waals surface area contributed by atoms with Gasteiger partial charge in [0.15, 0.2) is 0 Å². The van der Waals surface area contributed by atoms with Gasteiger partial charge in [-0.3, -0.25) is 29.7 Å². The Morgan fingerprint density at radius 3 is 2.61 bits per heavy atom. The van der Waals surface area contributed by atoms with Gasteiger partial charge in [0, 0.05) is 34.9 Å². The molecule has 36 heavy (non-hydrogen) atoms. The molecule has 2 aromatic rings. The SMILES string of the molecule is CCCC(=O)CCCc1ncccc1Sc1cc(N(N)/C(=C\C(=O)NC=O)C(F)(F)F)c(F)cc1Cl. The van der Waals surface area contributed by atoms with E-state index < -0.39 is 29.3 Å². The number of hydrogen-bond donors (Lipinski definition) is 2. The van der Waals surface area contributed by atoms with Gasteiger partial charge in [0.05, 0.1) is 16.4 Å². The Labute approximate surface area is 214 Å². The molecule has 0 unspecified atom stereocenters. The Kier molecular flexibility index (Phi) is 10.9. The molecule has 13 heteroatoms. The molecule has 0 radical (unpaired) electrons. The zero-order chi connectivity index (χ0) is 26.9. The van der Waals surface area contributed by atoms with E-state index in [1.165, 1.54) is 5.32 Å². The number of benzene rings is 1. The highest BCUT2D eigenvalue weighted by Gasteiger charge is 2.39. The molecule has 0 saturated heterocycles. The average Bonchev–Trinajstić information content (AvgIpc) is 2.79. The van der Waals surface area contributed by atoms with Crippen LogP contribution in [0.1, 0.15) is 38.3 Å². The van der Waals surface area contributed by atoms with E-state index in [-0.39, 0.29) is 33.2 Å². The first-order valence-electron chi connectivity index (χ1n) is 10.7. The fraction of sp³-hybridized carbons (Fsp3) is 0.304. The van der Waals surface area contributed by atoms with Crippen LogP contribution < -0.4 is 16.2 Å². The number of Topliss-reactive ketones (excluding diaryl/α,β-unsaturated/α-hetero) is 1. The Morgan fingerprint density at radius 2 is 1.97 bits per heavy atom. The summed E-state index contributed by atoms with van der Waals surface area (Å²) in [6.07, 6.45) is -0.964. The van der Waals surface area contributed by atoms with Crippen LogP contribution in [0.15, 0.2) is 52.0 Å². The number of aryl methyl sites for hydroxylation is 1. The Bertz CT molecular complexity index is 1140. The molecule has 0 aliphatic rings. The lowest BCUT2D eigenvalue weighted by Gasteiger charge is -2.25. The van der Waals surface area contributed by atoms with Crippen molar-refractivity contribution >= 4 is 47.2 Å². The van der Waals surface area contributed by atoms with Crippen LogP contribution in [0.2, 0.25) is 5.02 Å². The number of hydrogen-bond acceptors (Lipinski definition) is 7. The smallest absolute Gasteiger partial charge is 0.300 e. The van der Waals surface area contributed by atoms with Gasteiger partial charge in [-0.25, -0.2) is 10.2 Å². The fourth-order valence-electron chi connectivity index (χ4n) is 3.10. The number of halogens is 5. The number of carbonyl (C=O) groups excluding carboxylic acids is 3. The molecule has 2 amide bonds. The summed E-state index contributed by atoms with van der Waals surface area (Å²) in [5, 5.41) is 1.41. The lowest BCUT2D eigenvalue weighted by Crippen LogP contribution is -2.39. The van der Waals surface area contributed by atoms with Gasteiger partial charge < -0.3 is 0 Å². The normalized spacial score (nSPS) is 11.8. The minimum absolute atomic E-state index is 0.0360. The minimum atomic E-state index is -5.15. The van der Waals surface area contributed by atoms with Gasteiger partial charge in [-0.15, -0.1) is 0 Å². The molecule has 1 aromatic heterocycles. The fourth-order valence-corrected chi connectivity index (χ4v) is 4.35. The van der Waals surface area contributed by atoms with Crippen molar-refractivity contribution in [2.75, 3.05) is 5.01 Å². The second-order valence-corrected chi connectivity index (χ2v) is 8.94. The zero-order valence-electron chi connectivity index (χ0n) is 19.1. The van der Waals surface area contributed by atoms with Gasteiger partial charge in [0.1, 0.15) is 17.3 Å². The van der Waals surface area contributed by atoms with E-state index in [2.05, 4.69) is 4.98 Å². The number of pyridine rings is 1. The second kappa shape index (κ2) is 13.4. The molecule has 7 nitrogen and oxygen atoms in total. The van der Waals surface area contributed by atoms with E-state index in [4.69, 9.17) is 17.4 Å². The number of aromatic nitrogens is 1. The highest BCUT2D eigenvalue weighted by atomic mass is 35.5. The second-order valence-electron chi connectivity index (χ2n) is 7.45. The molecule has 0 aliphatic carbocycles. The van der Waals surface area contributed by atoms with Gasteiger partial charge in [-0.1, -0.05) is 30.3 Å². The number of anilines is 1. The predicted molar refractivity (Wildman–Crippen MR) is 128 cm³/mol. The number of rotatable bonds is 12. The predicted octanol–water partition coefficient (Wildman–Crippen LogP) is 5.12. The van der Waals surface area contributed by atoms with Crippen LogP contribution in [0, 0.1) is 5.82 Å². The van der Waals surface area contributed by atoms with E-state index in [0.717, 1.165) is 30.3 Å². The number of nitrogens with zero attached hydrogens (tertiary/aromatic N) is 2. The molecule has 194 valence electrons. The van der Waals surface area contributed by atoms with Crippen molar-refractivity contribution in [1.82, 2.24) is 10.3 Å². The maximum absolute atomic E-state index is 14.6. The molecular weight excluding hydrogens is 524 g/mol. The summed E-state index contributed by atoms with van der Waals surface area (Å²) in [7, 11) is 0. The minimum Gasteiger partial charge on any atom is -0.300 e. The van der Waals surface area contributed by atoms with Gasteiger partial charge in [-0.2, -0.15) is 13.2 Å². The first kappa shape index (κ1) is 29.3. The third-order valence-corrected chi connectivity index (χ3v) is 6.32. The number of carbonyl (C=O) groups is 3. The summed E-state index contributed by atoms with van der Waals surface area (Å²) in [6.45, 7) is 1.92. The third-order valence-electron chi connectivity index (χ3n) is 4.75. The molecule has 0 spiro atoms. The zero-order valence-corrected chi connectivity index (χ0v) is 20.6. The van der Waals surface area contributed by atoms with Crippen LogP contribution in [0.4, 0.5) is 23.2 Å². The first-order chi connectivity index (χ1) is 17.0. The van der Waals surface area contributed by atoms with Crippen molar-refractivity contribution in [2.24, 2.45) is 5.84 Å². The topological polar surface area (TPSA) is 105 Å². The number of nitrogens with two attached hydrogens (primary N) is 1. The summed E-state index contributed by atoms with van der Waals surface area (Å²) in [5.74, 6) is 3.16. The van der Waals surface area contributed by atoms with Gasteiger partial charge in [0.25, 0.3) is 5.91 Å². The molecule has 0 saturated carbocycles. The van der Waals surface area contributed by atoms with Gasteiger partial charge in [0.2, 0.25) is 6.41 Å². The maximum Gasteiger partial charge on any atom is 0.433 e. The van der Waals surface area contributed by atoms with E-state index >= 15 is 0 Å². The quantitative estimate of drug-likeness (QED) is 0.125. The summed E-state index contributed by atoms with van der Waals surface area (Å²) < 4.78 is 55.3. The largest absolute Gasteiger partial charge is 0.433 e. The van der Waals surface area contributed by atoms with Gasteiger partial charge >= 0.3 is 6.18 Å². The molecule has 0 bridgehead atoms. The van der Waals surface area contributed by atoms with Crippen molar-refractivity contribution in [3.05, 3.63) is 58.8 Å². The highest BCUT2D eigenvalue weighted by molar-refractivity contribution is 7.99. The molecule has 1 aromatic carbocycles. The lowest BCUT2D eigenvalue weighted by molar-refractivity contribution is -0.123. The number of nitrogens with one attached hydrogen (secondary N) is 1. The van der Waals surface area contributed by atoms with Crippen LogP contribution in [-0.2, 0) is 20.8 Å². The number of allylic oxidation sites excluding steroid dienone is 1. The Hall–Kier alpha value is -2.96. The molecule has 1 heterocycles. The van der Waals surface area contributed by atoms with Crippen LogP contribution in [0.3, 0.4) is 0 Å². The van der Waals surface area contributed by atoms with E-state index in [1.54, 1.807) is 18.3 Å². The van der Waals surface area contributed by atoms with Crippen molar-refractivity contribution < 1.29 is 31.9 Å². The molecule has 2 rings (SSSR count). The molecule has 0 aliphatic heterocycles. The van der Waals surface area contributed by atoms with Crippen LogP contribution in [0.5, 0.6) is 0 Å². The average molecular weight is 547 g/mol. The van der Waals surface area contributed by atoms with E-state index in [0.29, 0.717) is 36.3 Å². The van der Waals surface area contributed by atoms with Crippen molar-refractivity contribution in [2.45, 2.75) is 55.0 Å². The van der Waals surface area contributed by atoms with Crippen LogP contribution in [-0.4, -0.2) is 29.3 Å². The molecule has 3 N–H and O–H groups in total. The monoisotopic (exact) mass is 546 g/mol. The molecule has 0 fully saturated rings. The Balaban J connectivity index is 2.37. The number of alkyl halides is 3. The van der Waals surface area contributed by atoms with Gasteiger partial charge in [-0.05, 0) is 43.5 Å². The van der Waals surface area contributed by atoms with Crippen LogP contribution in [0.25, 0.3) is 0 Å². The lowest BCUT2D eigenvalue weighted by atomic mass is 10.1. The first-order valence-corrected chi connectivity index (χ1v) is 11.9. The Morgan fingerprint density at radius 1 is 1.25 bits per heavy atom. The third kappa shape index (κ3) is 8.32. The maximum atomic E-state index is 14.6. The number of hydrazine groups is 1. The summed E-state index contributed by atoms with van der Waals surface area (Å²) >= 11 is 7.20. The van der Waals surface area contributed by atoms with Crippen molar-refractivity contribution in [1.29, 1.82) is 0 Å². The summed E-state index contributed by atoms with van der Waals surface area (Å²) in [4.78, 5) is 38.8. The highest BCUT2D eigenvalue weighted by Crippen LogP contribution is 2.40. The van der Waals surface area contributed by atoms with E-state index in [9.17, 15) is 31.9 Å².